The lowest BCUT2D eigenvalue weighted by molar-refractivity contribution is -0.113. The number of para-hydroxylation sites is 2. The van der Waals surface area contributed by atoms with Gasteiger partial charge in [-0.25, -0.2) is 4.68 Å². The van der Waals surface area contributed by atoms with Gasteiger partial charge in [-0.05, 0) is 67.8 Å². The zero-order valence-electron chi connectivity index (χ0n) is 23.2. The summed E-state index contributed by atoms with van der Waals surface area (Å²) in [6, 6.07) is 22.8. The standard InChI is InChI=1S/C31H32BrN5O3S/c1-4-17-41-31-35-30-33-20(3)27(29(38)34-25-11-6-7-12-26(25)39-5-2)28(37(30)36-31)22-13-15-24(16-14-22)40-19-21-9-8-10-23(32)18-21/h6-16,18,28H,4-5,17,19H2,1-3H3,(H,34,38)(H,33,35,36). The van der Waals surface area contributed by atoms with Crippen molar-refractivity contribution < 1.29 is 14.3 Å². The minimum absolute atomic E-state index is 0.244. The second-order valence-corrected chi connectivity index (χ2v) is 11.4. The zero-order chi connectivity index (χ0) is 28.8. The molecule has 41 heavy (non-hydrogen) atoms. The van der Waals surface area contributed by atoms with Crippen molar-refractivity contribution in [3.8, 4) is 11.5 Å². The highest BCUT2D eigenvalue weighted by atomic mass is 79.9. The van der Waals surface area contributed by atoms with Crippen molar-refractivity contribution in [2.75, 3.05) is 23.0 Å². The van der Waals surface area contributed by atoms with Crippen LogP contribution in [-0.4, -0.2) is 33.0 Å². The van der Waals surface area contributed by atoms with Gasteiger partial charge in [0.05, 0.1) is 17.9 Å². The van der Waals surface area contributed by atoms with Gasteiger partial charge < -0.3 is 20.1 Å². The largest absolute Gasteiger partial charge is 0.492 e. The summed E-state index contributed by atoms with van der Waals surface area (Å²) in [6.07, 6.45) is 1.01. The Labute approximate surface area is 252 Å². The molecule has 2 N–H and O–H groups in total. The van der Waals surface area contributed by atoms with E-state index < -0.39 is 6.04 Å². The molecule has 2 heterocycles. The summed E-state index contributed by atoms with van der Waals surface area (Å²) in [4.78, 5) is 18.6. The third-order valence-electron chi connectivity index (χ3n) is 6.44. The average molecular weight is 635 g/mol. The molecule has 0 radical (unpaired) electrons. The maximum absolute atomic E-state index is 13.9. The second kappa shape index (κ2) is 13.3. The maximum atomic E-state index is 13.9. The van der Waals surface area contributed by atoms with Crippen molar-refractivity contribution in [3.05, 3.63) is 99.7 Å². The average Bonchev–Trinajstić information content (AvgIpc) is 3.38. The number of aromatic nitrogens is 3. The number of anilines is 2. The summed E-state index contributed by atoms with van der Waals surface area (Å²) in [5.41, 5.74) is 3.82. The van der Waals surface area contributed by atoms with Gasteiger partial charge in [-0.2, -0.15) is 4.98 Å². The summed E-state index contributed by atoms with van der Waals surface area (Å²) >= 11 is 5.10. The number of hydrogen-bond donors (Lipinski definition) is 2. The molecule has 0 saturated carbocycles. The number of nitrogens with one attached hydrogen (secondary N) is 2. The number of amides is 1. The number of carbonyl (C=O) groups excluding carboxylic acids is 1. The second-order valence-electron chi connectivity index (χ2n) is 9.45. The van der Waals surface area contributed by atoms with Crippen LogP contribution in [0.1, 0.15) is 44.4 Å². The molecule has 1 amide bonds. The first-order valence-corrected chi connectivity index (χ1v) is 15.3. The van der Waals surface area contributed by atoms with Crippen LogP contribution in [0.5, 0.6) is 11.5 Å². The van der Waals surface area contributed by atoms with Crippen LogP contribution in [0.25, 0.3) is 0 Å². The molecule has 1 aromatic heterocycles. The van der Waals surface area contributed by atoms with Crippen molar-refractivity contribution in [3.63, 3.8) is 0 Å². The summed E-state index contributed by atoms with van der Waals surface area (Å²) in [6.45, 7) is 6.87. The van der Waals surface area contributed by atoms with E-state index in [0.29, 0.717) is 47.0 Å². The topological polar surface area (TPSA) is 90.3 Å². The molecular formula is C31H32BrN5O3S. The predicted octanol–water partition coefficient (Wildman–Crippen LogP) is 7.45. The third kappa shape index (κ3) is 6.77. The number of rotatable bonds is 11. The lowest BCUT2D eigenvalue weighted by Crippen LogP contribution is -2.31. The minimum Gasteiger partial charge on any atom is -0.492 e. The van der Waals surface area contributed by atoms with Gasteiger partial charge in [-0.3, -0.25) is 4.79 Å². The Morgan fingerprint density at radius 2 is 1.88 bits per heavy atom. The molecule has 1 aliphatic rings. The van der Waals surface area contributed by atoms with Gasteiger partial charge in [0.1, 0.15) is 24.1 Å². The van der Waals surface area contributed by atoms with Crippen LogP contribution in [0, 0.1) is 0 Å². The summed E-state index contributed by atoms with van der Waals surface area (Å²) in [5.74, 6) is 2.62. The van der Waals surface area contributed by atoms with Crippen LogP contribution in [0.4, 0.5) is 11.6 Å². The minimum atomic E-state index is -0.492. The van der Waals surface area contributed by atoms with E-state index >= 15 is 0 Å². The molecular weight excluding hydrogens is 602 g/mol. The number of nitrogens with zero attached hydrogens (tertiary/aromatic N) is 3. The van der Waals surface area contributed by atoms with Crippen molar-refractivity contribution in [2.24, 2.45) is 0 Å². The van der Waals surface area contributed by atoms with Crippen molar-refractivity contribution in [1.82, 2.24) is 14.8 Å². The number of thioether (sulfide) groups is 1. The fourth-order valence-electron chi connectivity index (χ4n) is 4.57. The molecule has 0 bridgehead atoms. The van der Waals surface area contributed by atoms with Crippen LogP contribution in [0.15, 0.2) is 93.7 Å². The van der Waals surface area contributed by atoms with Gasteiger partial charge in [-0.15, -0.1) is 5.10 Å². The van der Waals surface area contributed by atoms with Crippen LogP contribution in [-0.2, 0) is 11.4 Å². The Bertz CT molecular complexity index is 1550. The number of ether oxygens (including phenoxy) is 2. The molecule has 0 fully saturated rings. The number of fused-ring (bicyclic) bond motifs is 1. The highest BCUT2D eigenvalue weighted by Gasteiger charge is 2.34. The zero-order valence-corrected chi connectivity index (χ0v) is 25.6. The van der Waals surface area contributed by atoms with E-state index in [1.807, 2.05) is 86.6 Å². The fraction of sp³-hybridized carbons (Fsp3) is 0.258. The van der Waals surface area contributed by atoms with Crippen LogP contribution >= 0.6 is 27.7 Å². The Morgan fingerprint density at radius 3 is 2.63 bits per heavy atom. The number of halogens is 1. The molecule has 10 heteroatoms. The van der Waals surface area contributed by atoms with E-state index in [-0.39, 0.29) is 5.91 Å². The first-order valence-electron chi connectivity index (χ1n) is 13.5. The lowest BCUT2D eigenvalue weighted by atomic mass is 9.95. The van der Waals surface area contributed by atoms with E-state index in [1.165, 1.54) is 0 Å². The molecule has 4 aromatic rings. The van der Waals surface area contributed by atoms with Crippen LogP contribution < -0.4 is 20.1 Å². The summed E-state index contributed by atoms with van der Waals surface area (Å²) < 4.78 is 14.6. The molecule has 0 spiro atoms. The highest BCUT2D eigenvalue weighted by molar-refractivity contribution is 9.10. The van der Waals surface area contributed by atoms with Crippen LogP contribution in [0.3, 0.4) is 0 Å². The Hall–Kier alpha value is -3.76. The lowest BCUT2D eigenvalue weighted by Gasteiger charge is -2.29. The van der Waals surface area contributed by atoms with Gasteiger partial charge in [-0.1, -0.05) is 71.0 Å². The molecule has 1 atom stereocenters. The van der Waals surface area contributed by atoms with E-state index in [0.717, 1.165) is 33.5 Å². The van der Waals surface area contributed by atoms with Gasteiger partial charge in [0, 0.05) is 15.9 Å². The van der Waals surface area contributed by atoms with Gasteiger partial charge >= 0.3 is 0 Å². The molecule has 5 rings (SSSR count). The third-order valence-corrected chi connectivity index (χ3v) is 7.98. The van der Waals surface area contributed by atoms with E-state index in [1.54, 1.807) is 16.4 Å². The number of allylic oxidation sites excluding steroid dienone is 1. The molecule has 1 aliphatic heterocycles. The van der Waals surface area contributed by atoms with Gasteiger partial charge in [0.25, 0.3) is 5.91 Å². The van der Waals surface area contributed by atoms with Crippen molar-refractivity contribution >= 4 is 45.2 Å². The van der Waals surface area contributed by atoms with E-state index in [4.69, 9.17) is 19.6 Å². The predicted molar refractivity (Wildman–Crippen MR) is 167 cm³/mol. The Kier molecular flexibility index (Phi) is 9.31. The monoisotopic (exact) mass is 633 g/mol. The summed E-state index contributed by atoms with van der Waals surface area (Å²) in [7, 11) is 0. The van der Waals surface area contributed by atoms with Gasteiger partial charge in [0.2, 0.25) is 11.1 Å². The van der Waals surface area contributed by atoms with Crippen LogP contribution in [0.2, 0.25) is 0 Å². The molecule has 0 saturated heterocycles. The quantitative estimate of drug-likeness (QED) is 0.166. The molecule has 8 nitrogen and oxygen atoms in total. The highest BCUT2D eigenvalue weighted by Crippen LogP contribution is 2.38. The molecule has 3 aromatic carbocycles. The fourth-order valence-corrected chi connectivity index (χ4v) is 5.70. The number of carbonyl (C=O) groups is 1. The van der Waals surface area contributed by atoms with Crippen molar-refractivity contribution in [2.45, 2.75) is 45.0 Å². The molecule has 212 valence electrons. The molecule has 1 unspecified atom stereocenters. The normalized spacial score (nSPS) is 14.3. The Balaban J connectivity index is 1.46. The Morgan fingerprint density at radius 1 is 1.07 bits per heavy atom. The first kappa shape index (κ1) is 28.8. The first-order chi connectivity index (χ1) is 20.0. The van der Waals surface area contributed by atoms with E-state index in [2.05, 4.69) is 33.5 Å². The molecule has 0 aliphatic carbocycles. The summed E-state index contributed by atoms with van der Waals surface area (Å²) in [5, 5.41) is 11.8. The number of benzene rings is 3. The smallest absolute Gasteiger partial charge is 0.255 e. The van der Waals surface area contributed by atoms with E-state index in [9.17, 15) is 4.79 Å². The maximum Gasteiger partial charge on any atom is 0.255 e. The van der Waals surface area contributed by atoms with Crippen molar-refractivity contribution in [1.29, 1.82) is 0 Å². The number of hydrogen-bond acceptors (Lipinski definition) is 7. The SMILES string of the molecule is CCCSc1nc2n(n1)C(c1ccc(OCc3cccc(Br)c3)cc1)C(C(=O)Nc1ccccc1OCC)=C(C)N2. The van der Waals surface area contributed by atoms with Gasteiger partial charge in [0.15, 0.2) is 0 Å².